The lowest BCUT2D eigenvalue weighted by Crippen LogP contribution is -3.00. The fraction of sp³-hybridized carbons (Fsp3) is 0.957. The number of hydroxylamine groups is 2. The van der Waals surface area contributed by atoms with E-state index in [-0.39, 0.29) is 12.3 Å². The molecule has 1 unspecified atom stereocenters. The average Bonchev–Trinajstić information content (AvgIpc) is 2.82. The summed E-state index contributed by atoms with van der Waals surface area (Å²) >= 11 is 0. The number of hydrogen-bond donors (Lipinski definition) is 1. The number of rotatable bonds is 4. The lowest BCUT2D eigenvalue weighted by Gasteiger charge is -2.95. The number of carbonyl (C=O) groups excluding carboxylic acids is 1. The van der Waals surface area contributed by atoms with Gasteiger partial charge in [-0.2, -0.15) is 0 Å². The van der Waals surface area contributed by atoms with E-state index in [9.17, 15) is 9.90 Å². The van der Waals surface area contributed by atoms with Gasteiger partial charge in [-0.3, -0.25) is 14.5 Å². The Kier molecular flexibility index (Phi) is 12.3. The second-order valence-corrected chi connectivity index (χ2v) is 26.3. The lowest BCUT2D eigenvalue weighted by molar-refractivity contribution is -0.472. The van der Waals surface area contributed by atoms with Crippen molar-refractivity contribution in [1.82, 2.24) is 9.96 Å². The van der Waals surface area contributed by atoms with E-state index in [4.69, 9.17) is 4.84 Å². The molecule has 1 N–H and O–H groups in total. The zero-order valence-corrected chi connectivity index (χ0v) is 41.0. The molecule has 0 bridgehead atoms. The van der Waals surface area contributed by atoms with E-state index in [1.54, 1.807) is 14.2 Å². The van der Waals surface area contributed by atoms with E-state index in [1.165, 1.54) is 5.06 Å². The molecular formula is C47H92N2O4. The molecule has 1 aliphatic rings. The first kappa shape index (κ1) is 49.7. The Balaban J connectivity index is 6.14. The maximum atomic E-state index is 15.6. The number of amides is 2. The minimum absolute atomic E-state index is 0.105. The van der Waals surface area contributed by atoms with Crippen molar-refractivity contribution in [2.24, 2.45) is 65.0 Å². The zero-order chi connectivity index (χ0) is 43.4. The van der Waals surface area contributed by atoms with Gasteiger partial charge in [-0.25, -0.2) is 9.86 Å². The maximum absolute atomic E-state index is 15.6. The van der Waals surface area contributed by atoms with Gasteiger partial charge in [0.2, 0.25) is 5.91 Å². The van der Waals surface area contributed by atoms with E-state index >= 15 is 4.79 Å². The van der Waals surface area contributed by atoms with Gasteiger partial charge >= 0.3 is 6.09 Å². The average molecular weight is 749 g/mol. The third-order valence-corrected chi connectivity index (χ3v) is 14.7. The summed E-state index contributed by atoms with van der Waals surface area (Å²) in [4.78, 5) is 37.7. The Labute approximate surface area is 330 Å². The van der Waals surface area contributed by atoms with Crippen molar-refractivity contribution in [1.29, 1.82) is 0 Å². The molecule has 6 nitrogen and oxygen atoms in total. The molecule has 0 aromatic heterocycles. The molecule has 53 heavy (non-hydrogen) atoms. The van der Waals surface area contributed by atoms with E-state index in [1.807, 2.05) is 0 Å². The molecule has 0 spiro atoms. The smallest absolute Gasteiger partial charge is 0.408 e. The normalized spacial score (nSPS) is 23.2. The molecule has 6 heteroatoms. The third-order valence-electron chi connectivity index (χ3n) is 14.7. The van der Waals surface area contributed by atoms with Crippen LogP contribution >= 0.6 is 0 Å². The molecule has 0 aromatic rings. The number of carboxylic acid groups (broad SMARTS) is 1. The van der Waals surface area contributed by atoms with Gasteiger partial charge in [0, 0.05) is 24.3 Å². The van der Waals surface area contributed by atoms with E-state index in [0.29, 0.717) is 6.42 Å². The van der Waals surface area contributed by atoms with Crippen LogP contribution in [0.25, 0.3) is 0 Å². The van der Waals surface area contributed by atoms with Crippen LogP contribution in [0.4, 0.5) is 4.79 Å². The van der Waals surface area contributed by atoms with Gasteiger partial charge in [-0.15, -0.1) is 0 Å². The Morgan fingerprint density at radius 2 is 0.774 bits per heavy atom. The van der Waals surface area contributed by atoms with Gasteiger partial charge in [-0.05, 0) is 60.6 Å². The summed E-state index contributed by atoms with van der Waals surface area (Å²) in [6.45, 7) is 64.0. The molecule has 1 atom stereocenters. The second kappa shape index (κ2) is 13.1. The fourth-order valence-electron chi connectivity index (χ4n) is 17.0. The molecule has 0 radical (unpaired) electrons. The van der Waals surface area contributed by atoms with Crippen LogP contribution < -0.4 is 0 Å². The van der Waals surface area contributed by atoms with Crippen LogP contribution in [-0.4, -0.2) is 52.3 Å². The Hall–Kier alpha value is -1.30. The molecule has 1 fully saturated rings. The highest BCUT2D eigenvalue weighted by molar-refractivity contribution is 5.75. The summed E-state index contributed by atoms with van der Waals surface area (Å²) in [5, 5.41) is 14.1. The van der Waals surface area contributed by atoms with Crippen molar-refractivity contribution >= 4 is 12.0 Å². The van der Waals surface area contributed by atoms with Crippen molar-refractivity contribution in [2.75, 3.05) is 14.2 Å². The molecule has 0 saturated carbocycles. The standard InChI is InChI=1S/C47H92N2O4/c1-34(2,3)43(31-30-32(50)48(28)53-29)44(35(4,5)6,36(7,8)9)45(37(10,11)12,38(13,14)15)47(41(22,23)24,42(25,26)27)49(33(51)52)46(43,39(16,17)18)40(19,20)21/h30-31H2,1-29H3,(H,51,52). The van der Waals surface area contributed by atoms with Crippen LogP contribution in [0.5, 0.6) is 0 Å². The first-order valence-electron chi connectivity index (χ1n) is 20.5. The number of carbonyl (C=O) groups is 2. The van der Waals surface area contributed by atoms with Gasteiger partial charge in [-0.1, -0.05) is 187 Å². The summed E-state index contributed by atoms with van der Waals surface area (Å²) in [7, 11) is 3.23. The minimum Gasteiger partial charge on any atom is -0.465 e. The summed E-state index contributed by atoms with van der Waals surface area (Å²) in [6.07, 6.45) is -0.212. The third kappa shape index (κ3) is 5.82. The number of likely N-dealkylation sites (tertiary alicyclic amines) is 1. The number of hydrogen-bond acceptors (Lipinski definition) is 3. The highest BCUT2D eigenvalue weighted by Crippen LogP contribution is 2.93. The van der Waals surface area contributed by atoms with Crippen LogP contribution in [0.3, 0.4) is 0 Å². The van der Waals surface area contributed by atoms with Gasteiger partial charge in [0.15, 0.2) is 0 Å². The van der Waals surface area contributed by atoms with Crippen molar-refractivity contribution in [2.45, 2.75) is 211 Å². The van der Waals surface area contributed by atoms with E-state index < -0.39 is 82.2 Å². The zero-order valence-electron chi connectivity index (χ0n) is 41.0. The van der Waals surface area contributed by atoms with Crippen LogP contribution in [0.1, 0.15) is 200 Å². The quantitative estimate of drug-likeness (QED) is 0.291. The first-order valence-corrected chi connectivity index (χ1v) is 20.5. The molecule has 314 valence electrons. The highest BCUT2D eigenvalue weighted by atomic mass is 16.7. The SMILES string of the molecule is CON(C)C(=O)CCC1(C(C)(C)C)C(C(C)(C)C)(C(C)(C)C)N(C(=O)O)C(C(C)(C)C)(C(C)(C)C)C(C(C)(C)C)(C(C)(C)C)C1(C(C)(C)C)C(C)(C)C. The molecule has 1 rings (SSSR count). The van der Waals surface area contributed by atoms with Crippen molar-refractivity contribution < 1.29 is 19.5 Å². The van der Waals surface area contributed by atoms with Gasteiger partial charge < -0.3 is 5.11 Å². The molecule has 0 aromatic carbocycles. The molecule has 1 heterocycles. The minimum atomic E-state index is -1.08. The summed E-state index contributed by atoms with van der Waals surface area (Å²) in [5.41, 5.74) is -9.37. The summed E-state index contributed by atoms with van der Waals surface area (Å²) < 4.78 is 0. The monoisotopic (exact) mass is 749 g/mol. The summed E-state index contributed by atoms with van der Waals surface area (Å²) in [6, 6.07) is 0. The van der Waals surface area contributed by atoms with E-state index in [2.05, 4.69) is 192 Å². The fourth-order valence-corrected chi connectivity index (χ4v) is 17.0. The first-order chi connectivity index (χ1) is 22.7. The predicted molar refractivity (Wildman–Crippen MR) is 227 cm³/mol. The van der Waals surface area contributed by atoms with Crippen LogP contribution in [0.15, 0.2) is 0 Å². The largest absolute Gasteiger partial charge is 0.465 e. The van der Waals surface area contributed by atoms with Gasteiger partial charge in [0.1, 0.15) is 0 Å². The second-order valence-electron chi connectivity index (χ2n) is 26.3. The number of piperidine rings is 1. The molecule has 1 saturated heterocycles. The Morgan fingerprint density at radius 3 is 0.962 bits per heavy atom. The van der Waals surface area contributed by atoms with Crippen molar-refractivity contribution in [3.63, 3.8) is 0 Å². The van der Waals surface area contributed by atoms with Crippen LogP contribution in [0.2, 0.25) is 0 Å². The van der Waals surface area contributed by atoms with Crippen LogP contribution in [-0.2, 0) is 9.63 Å². The Bertz CT molecular complexity index is 1280. The predicted octanol–water partition coefficient (Wildman–Crippen LogP) is 13.6. The molecule has 0 aliphatic carbocycles. The topological polar surface area (TPSA) is 70.1 Å². The van der Waals surface area contributed by atoms with Crippen molar-refractivity contribution in [3.05, 3.63) is 0 Å². The number of nitrogens with zero attached hydrogens (tertiary/aromatic N) is 2. The van der Waals surface area contributed by atoms with Crippen molar-refractivity contribution in [3.8, 4) is 0 Å². The maximum Gasteiger partial charge on any atom is 0.408 e. The van der Waals surface area contributed by atoms with Crippen LogP contribution in [0, 0.1) is 65.0 Å². The van der Waals surface area contributed by atoms with Gasteiger partial charge in [0.25, 0.3) is 0 Å². The highest BCUT2D eigenvalue weighted by Gasteiger charge is 2.95. The molecule has 1 aliphatic heterocycles. The molecule has 2 amide bonds. The molecular weight excluding hydrogens is 657 g/mol. The van der Waals surface area contributed by atoms with Gasteiger partial charge in [0.05, 0.1) is 18.2 Å². The summed E-state index contributed by atoms with van der Waals surface area (Å²) in [5.74, 6) is -0.105. The van der Waals surface area contributed by atoms with E-state index in [0.717, 1.165) is 0 Å². The Morgan fingerprint density at radius 1 is 0.491 bits per heavy atom. The lowest BCUT2D eigenvalue weighted by atomic mass is 9.13.